The van der Waals surface area contributed by atoms with Crippen molar-refractivity contribution in [2.75, 3.05) is 0 Å². The van der Waals surface area contributed by atoms with Gasteiger partial charge in [0.15, 0.2) is 0 Å². The second-order valence-corrected chi connectivity index (χ2v) is 6.76. The molecule has 3 aromatic rings. The van der Waals surface area contributed by atoms with Gasteiger partial charge >= 0.3 is 0 Å². The molecule has 0 fully saturated rings. The lowest BCUT2D eigenvalue weighted by atomic mass is 10.1. The van der Waals surface area contributed by atoms with Crippen LogP contribution in [-0.2, 0) is 13.6 Å². The van der Waals surface area contributed by atoms with E-state index in [4.69, 9.17) is 0 Å². The van der Waals surface area contributed by atoms with Gasteiger partial charge in [0, 0.05) is 17.5 Å². The quantitative estimate of drug-likeness (QED) is 0.790. The van der Waals surface area contributed by atoms with E-state index in [9.17, 15) is 9.18 Å². The molecule has 2 aromatic heterocycles. The highest BCUT2D eigenvalue weighted by atomic mass is 32.1. The van der Waals surface area contributed by atoms with Gasteiger partial charge in [-0.05, 0) is 44.2 Å². The molecule has 124 valence electrons. The van der Waals surface area contributed by atoms with Crippen LogP contribution in [0.1, 0.15) is 26.1 Å². The van der Waals surface area contributed by atoms with E-state index in [2.05, 4.69) is 15.4 Å². The van der Waals surface area contributed by atoms with E-state index < -0.39 is 0 Å². The zero-order valence-corrected chi connectivity index (χ0v) is 14.4. The summed E-state index contributed by atoms with van der Waals surface area (Å²) in [7, 11) is 1.71. The van der Waals surface area contributed by atoms with Gasteiger partial charge in [0.1, 0.15) is 11.5 Å². The number of nitrogens with zero attached hydrogens (tertiary/aromatic N) is 3. The summed E-state index contributed by atoms with van der Waals surface area (Å²) in [6.45, 7) is 4.31. The summed E-state index contributed by atoms with van der Waals surface area (Å²) < 4.78 is 14.5. The highest BCUT2D eigenvalue weighted by molar-refractivity contribution is 7.11. The van der Waals surface area contributed by atoms with E-state index in [1.54, 1.807) is 36.6 Å². The molecule has 0 unspecified atom stereocenters. The number of amides is 1. The first-order valence-corrected chi connectivity index (χ1v) is 8.27. The number of halogens is 1. The van der Waals surface area contributed by atoms with Crippen LogP contribution < -0.4 is 5.32 Å². The number of rotatable bonds is 4. The number of carbonyl (C=O) groups is 1. The van der Waals surface area contributed by atoms with Crippen LogP contribution in [0.15, 0.2) is 30.3 Å². The van der Waals surface area contributed by atoms with Crippen molar-refractivity contribution in [3.05, 3.63) is 57.4 Å². The maximum Gasteiger partial charge on any atom is 0.269 e. The molecule has 0 bridgehead atoms. The van der Waals surface area contributed by atoms with Gasteiger partial charge in [-0.15, -0.1) is 11.3 Å². The summed E-state index contributed by atoms with van der Waals surface area (Å²) in [4.78, 5) is 17.8. The molecule has 1 amide bonds. The summed E-state index contributed by atoms with van der Waals surface area (Å²) in [5.41, 5.74) is 2.79. The third-order valence-electron chi connectivity index (χ3n) is 3.66. The fraction of sp³-hybridized carbons (Fsp3) is 0.235. The van der Waals surface area contributed by atoms with Crippen molar-refractivity contribution < 1.29 is 9.18 Å². The fourth-order valence-electron chi connectivity index (χ4n) is 2.43. The lowest BCUT2D eigenvalue weighted by Crippen LogP contribution is -2.25. The summed E-state index contributed by atoms with van der Waals surface area (Å²) in [6, 6.07) is 7.73. The molecule has 1 aromatic carbocycles. The highest BCUT2D eigenvalue weighted by Crippen LogP contribution is 2.20. The minimum absolute atomic E-state index is 0.205. The minimum atomic E-state index is -0.303. The number of nitrogens with one attached hydrogen (secondary N) is 1. The Morgan fingerprint density at radius 3 is 2.62 bits per heavy atom. The summed E-state index contributed by atoms with van der Waals surface area (Å²) in [6.07, 6.45) is 0. The maximum absolute atomic E-state index is 13.0. The number of carbonyl (C=O) groups excluding carboxylic acids is 1. The molecule has 0 aliphatic heterocycles. The van der Waals surface area contributed by atoms with Gasteiger partial charge in [0.25, 0.3) is 5.91 Å². The van der Waals surface area contributed by atoms with Crippen LogP contribution in [0.4, 0.5) is 4.39 Å². The molecule has 5 nitrogen and oxygen atoms in total. The first-order valence-electron chi connectivity index (χ1n) is 7.45. The van der Waals surface area contributed by atoms with E-state index in [0.29, 0.717) is 17.9 Å². The second-order valence-electron chi connectivity index (χ2n) is 5.47. The third-order valence-corrected chi connectivity index (χ3v) is 4.73. The van der Waals surface area contributed by atoms with Gasteiger partial charge in [-0.1, -0.05) is 0 Å². The Morgan fingerprint density at radius 1 is 1.29 bits per heavy atom. The normalized spacial score (nSPS) is 10.8. The fourth-order valence-corrected chi connectivity index (χ4v) is 3.31. The zero-order valence-electron chi connectivity index (χ0n) is 13.6. The van der Waals surface area contributed by atoms with Crippen molar-refractivity contribution >= 4 is 17.2 Å². The number of aromatic nitrogens is 3. The first-order chi connectivity index (χ1) is 11.4. The monoisotopic (exact) mass is 344 g/mol. The topological polar surface area (TPSA) is 59.8 Å². The smallest absolute Gasteiger partial charge is 0.269 e. The van der Waals surface area contributed by atoms with Gasteiger partial charge in [0.05, 0.1) is 22.9 Å². The lowest BCUT2D eigenvalue weighted by molar-refractivity contribution is 0.0942. The van der Waals surface area contributed by atoms with E-state index in [1.165, 1.54) is 16.8 Å². The first kappa shape index (κ1) is 16.3. The van der Waals surface area contributed by atoms with E-state index >= 15 is 0 Å². The van der Waals surface area contributed by atoms with Crippen molar-refractivity contribution in [2.45, 2.75) is 20.4 Å². The number of aryl methyl sites for hydroxylation is 3. The predicted molar refractivity (Wildman–Crippen MR) is 91.4 cm³/mol. The van der Waals surface area contributed by atoms with E-state index in [0.717, 1.165) is 21.1 Å². The molecule has 3 rings (SSSR count). The summed E-state index contributed by atoms with van der Waals surface area (Å²) in [5.74, 6) is -0.508. The molecule has 0 atom stereocenters. The van der Waals surface area contributed by atoms with Gasteiger partial charge in [-0.3, -0.25) is 9.48 Å². The SMILES string of the molecule is Cc1nc(C)c(CNC(=O)c2cc(-c3ccc(F)cc3)nn2C)s1. The molecule has 7 heteroatoms. The van der Waals surface area contributed by atoms with Crippen LogP contribution in [-0.4, -0.2) is 20.7 Å². The molecular weight excluding hydrogens is 327 g/mol. The third kappa shape index (κ3) is 3.35. The molecule has 24 heavy (non-hydrogen) atoms. The van der Waals surface area contributed by atoms with Gasteiger partial charge in [-0.25, -0.2) is 9.37 Å². The lowest BCUT2D eigenvalue weighted by Gasteiger charge is -2.04. The largest absolute Gasteiger partial charge is 0.346 e. The minimum Gasteiger partial charge on any atom is -0.346 e. The molecule has 0 saturated heterocycles. The molecule has 0 aliphatic rings. The second kappa shape index (κ2) is 6.52. The summed E-state index contributed by atoms with van der Waals surface area (Å²) in [5, 5.41) is 8.21. The molecule has 0 aliphatic carbocycles. The van der Waals surface area contributed by atoms with Crippen LogP contribution in [0.25, 0.3) is 11.3 Å². The van der Waals surface area contributed by atoms with Crippen molar-refractivity contribution in [1.29, 1.82) is 0 Å². The predicted octanol–water partition coefficient (Wildman–Crippen LogP) is 3.23. The molecular formula is C17H17FN4OS. The Morgan fingerprint density at radius 2 is 2.00 bits per heavy atom. The van der Waals surface area contributed by atoms with E-state index in [-0.39, 0.29) is 11.7 Å². The molecule has 0 saturated carbocycles. The Balaban J connectivity index is 1.75. The maximum atomic E-state index is 13.0. The average molecular weight is 344 g/mol. The Kier molecular flexibility index (Phi) is 4.44. The average Bonchev–Trinajstić information content (AvgIpc) is 3.08. The number of hydrogen-bond donors (Lipinski definition) is 1. The standard InChI is InChI=1S/C17H17FN4OS/c1-10-16(24-11(2)20-10)9-19-17(23)15-8-14(21-22(15)3)12-4-6-13(18)7-5-12/h4-8H,9H2,1-3H3,(H,19,23). The van der Waals surface area contributed by atoms with Crippen molar-refractivity contribution in [2.24, 2.45) is 7.05 Å². The Hall–Kier alpha value is -2.54. The van der Waals surface area contributed by atoms with Crippen molar-refractivity contribution in [3.8, 4) is 11.3 Å². The Bertz CT molecular complexity index is 883. The van der Waals surface area contributed by atoms with Gasteiger partial charge in [-0.2, -0.15) is 5.10 Å². The van der Waals surface area contributed by atoms with Crippen LogP contribution in [0.5, 0.6) is 0 Å². The molecule has 1 N–H and O–H groups in total. The number of thiazole rings is 1. The highest BCUT2D eigenvalue weighted by Gasteiger charge is 2.15. The van der Waals surface area contributed by atoms with Crippen LogP contribution in [0.3, 0.4) is 0 Å². The molecule has 0 radical (unpaired) electrons. The summed E-state index contributed by atoms with van der Waals surface area (Å²) >= 11 is 1.58. The zero-order chi connectivity index (χ0) is 17.3. The van der Waals surface area contributed by atoms with Crippen molar-refractivity contribution in [1.82, 2.24) is 20.1 Å². The molecule has 0 spiro atoms. The van der Waals surface area contributed by atoms with Crippen LogP contribution in [0, 0.1) is 19.7 Å². The molecule has 2 heterocycles. The van der Waals surface area contributed by atoms with Gasteiger partial charge in [0.2, 0.25) is 0 Å². The number of benzene rings is 1. The van der Waals surface area contributed by atoms with Crippen LogP contribution >= 0.6 is 11.3 Å². The van der Waals surface area contributed by atoms with Crippen LogP contribution in [0.2, 0.25) is 0 Å². The number of hydrogen-bond acceptors (Lipinski definition) is 4. The van der Waals surface area contributed by atoms with Crippen molar-refractivity contribution in [3.63, 3.8) is 0 Å². The Labute approximate surface area is 143 Å². The van der Waals surface area contributed by atoms with E-state index in [1.807, 2.05) is 13.8 Å². The van der Waals surface area contributed by atoms with Gasteiger partial charge < -0.3 is 5.32 Å².